The number of rotatable bonds is 11. The van der Waals surface area contributed by atoms with E-state index in [9.17, 15) is 0 Å². The largest absolute Gasteiger partial charge is 0.308 e. The Morgan fingerprint density at radius 1 is 0.778 bits per heavy atom. The van der Waals surface area contributed by atoms with Gasteiger partial charge in [0.1, 0.15) is 0 Å². The van der Waals surface area contributed by atoms with Crippen molar-refractivity contribution in [2.45, 2.75) is 46.1 Å². The highest BCUT2D eigenvalue weighted by molar-refractivity contribution is 4.63. The van der Waals surface area contributed by atoms with Gasteiger partial charge in [0.15, 0.2) is 0 Å². The minimum absolute atomic E-state index is 0.663. The summed E-state index contributed by atoms with van der Waals surface area (Å²) in [5.41, 5.74) is 0. The van der Waals surface area contributed by atoms with E-state index in [1.54, 1.807) is 0 Å². The van der Waals surface area contributed by atoms with Gasteiger partial charge in [-0.3, -0.25) is 0 Å². The molecule has 0 unspecified atom stereocenters. The minimum atomic E-state index is 0.663. The summed E-state index contributed by atoms with van der Waals surface area (Å²) in [6.07, 6.45) is 3.91. The van der Waals surface area contributed by atoms with Gasteiger partial charge in [-0.2, -0.15) is 0 Å². The van der Waals surface area contributed by atoms with Gasteiger partial charge in [0.2, 0.25) is 0 Å². The molecule has 0 aromatic heterocycles. The highest BCUT2D eigenvalue weighted by atomic mass is 15.2. The molecule has 0 bridgehead atoms. The van der Waals surface area contributed by atoms with Crippen molar-refractivity contribution in [2.75, 3.05) is 53.9 Å². The van der Waals surface area contributed by atoms with Crippen LogP contribution in [0.5, 0.6) is 0 Å². The fourth-order valence-corrected chi connectivity index (χ4v) is 1.86. The lowest BCUT2D eigenvalue weighted by Crippen LogP contribution is -2.35. The summed E-state index contributed by atoms with van der Waals surface area (Å²) in [4.78, 5) is 7.33. The number of hydrogen-bond acceptors (Lipinski definition) is 3. The van der Waals surface area contributed by atoms with Crippen molar-refractivity contribution >= 4 is 0 Å². The van der Waals surface area contributed by atoms with E-state index >= 15 is 0 Å². The first-order valence-corrected chi connectivity index (χ1v) is 7.54. The lowest BCUT2D eigenvalue weighted by Gasteiger charge is -2.26. The van der Waals surface area contributed by atoms with Gasteiger partial charge in [0.05, 0.1) is 0 Å². The van der Waals surface area contributed by atoms with E-state index in [1.807, 2.05) is 0 Å². The van der Waals surface area contributed by atoms with Crippen molar-refractivity contribution in [1.82, 2.24) is 14.7 Å². The number of nitrogens with zero attached hydrogens (tertiary/aromatic N) is 3. The predicted octanol–water partition coefficient (Wildman–Crippen LogP) is 2.38. The summed E-state index contributed by atoms with van der Waals surface area (Å²) < 4.78 is 0. The van der Waals surface area contributed by atoms with Crippen molar-refractivity contribution in [3.63, 3.8) is 0 Å². The average Bonchev–Trinajstić information content (AvgIpc) is 2.31. The number of unbranched alkanes of at least 4 members (excludes halogenated alkanes) is 1. The van der Waals surface area contributed by atoms with Gasteiger partial charge in [0.25, 0.3) is 0 Å². The van der Waals surface area contributed by atoms with Crippen LogP contribution in [0.2, 0.25) is 0 Å². The van der Waals surface area contributed by atoms with E-state index < -0.39 is 0 Å². The normalized spacial score (nSPS) is 12.3. The zero-order chi connectivity index (χ0) is 14.0. The second-order valence-electron chi connectivity index (χ2n) is 5.93. The molecule has 0 saturated heterocycles. The van der Waals surface area contributed by atoms with Crippen molar-refractivity contribution in [1.29, 1.82) is 0 Å². The van der Waals surface area contributed by atoms with Crippen molar-refractivity contribution in [2.24, 2.45) is 0 Å². The van der Waals surface area contributed by atoms with Crippen LogP contribution in [0.4, 0.5) is 0 Å². The summed E-state index contributed by atoms with van der Waals surface area (Å²) in [5, 5.41) is 0. The maximum absolute atomic E-state index is 2.62. The van der Waals surface area contributed by atoms with Crippen LogP contribution in [0.3, 0.4) is 0 Å². The van der Waals surface area contributed by atoms with Crippen LogP contribution >= 0.6 is 0 Å². The van der Waals surface area contributed by atoms with Gasteiger partial charge in [-0.1, -0.05) is 13.3 Å². The highest BCUT2D eigenvalue weighted by Crippen LogP contribution is 2.00. The number of hydrogen-bond donors (Lipinski definition) is 0. The Morgan fingerprint density at radius 3 is 1.89 bits per heavy atom. The smallest absolute Gasteiger partial charge is 0.0109 e. The molecule has 3 heteroatoms. The lowest BCUT2D eigenvalue weighted by atomic mass is 10.2. The highest BCUT2D eigenvalue weighted by Gasteiger charge is 2.07. The number of likely N-dealkylation sites (N-methyl/N-ethyl adjacent to an activating group) is 1. The maximum atomic E-state index is 2.62. The predicted molar refractivity (Wildman–Crippen MR) is 82.3 cm³/mol. The first-order valence-electron chi connectivity index (χ1n) is 7.54. The molecule has 0 heterocycles. The lowest BCUT2D eigenvalue weighted by molar-refractivity contribution is 0.209. The molecule has 0 rings (SSSR count). The third kappa shape index (κ3) is 9.86. The van der Waals surface area contributed by atoms with E-state index in [0.717, 1.165) is 0 Å². The summed E-state index contributed by atoms with van der Waals surface area (Å²) in [5.74, 6) is 0. The molecule has 0 atom stereocenters. The molecule has 0 aromatic carbocycles. The second kappa shape index (κ2) is 10.8. The molecule has 0 amide bonds. The van der Waals surface area contributed by atoms with Gasteiger partial charge in [-0.05, 0) is 67.5 Å². The van der Waals surface area contributed by atoms with Gasteiger partial charge in [-0.25, -0.2) is 0 Å². The van der Waals surface area contributed by atoms with E-state index in [1.165, 1.54) is 52.0 Å². The fraction of sp³-hybridized carbons (Fsp3) is 1.00. The zero-order valence-corrected chi connectivity index (χ0v) is 13.6. The first kappa shape index (κ1) is 17.9. The second-order valence-corrected chi connectivity index (χ2v) is 5.93. The van der Waals surface area contributed by atoms with Gasteiger partial charge < -0.3 is 14.7 Å². The Kier molecular flexibility index (Phi) is 10.7. The SMILES string of the molecule is CCCCN(CCCN(C)C(C)C)CCN(C)C. The van der Waals surface area contributed by atoms with E-state index in [0.29, 0.717) is 6.04 Å². The Hall–Kier alpha value is -0.120. The van der Waals surface area contributed by atoms with Crippen LogP contribution < -0.4 is 0 Å². The van der Waals surface area contributed by atoms with Crippen LogP contribution in [0, 0.1) is 0 Å². The van der Waals surface area contributed by atoms with Crippen LogP contribution in [0.15, 0.2) is 0 Å². The van der Waals surface area contributed by atoms with Crippen LogP contribution in [0.1, 0.15) is 40.0 Å². The minimum Gasteiger partial charge on any atom is -0.308 e. The fourth-order valence-electron chi connectivity index (χ4n) is 1.86. The third-order valence-electron chi connectivity index (χ3n) is 3.56. The van der Waals surface area contributed by atoms with Gasteiger partial charge >= 0.3 is 0 Å². The molecule has 0 fully saturated rings. The molecule has 0 N–H and O–H groups in total. The summed E-state index contributed by atoms with van der Waals surface area (Å²) >= 11 is 0. The average molecular weight is 257 g/mol. The van der Waals surface area contributed by atoms with Gasteiger partial charge in [-0.15, -0.1) is 0 Å². The monoisotopic (exact) mass is 257 g/mol. The summed E-state index contributed by atoms with van der Waals surface area (Å²) in [6, 6.07) is 0.663. The molecule has 110 valence electrons. The molecule has 0 radical (unpaired) electrons. The topological polar surface area (TPSA) is 9.72 Å². The standard InChI is InChI=1S/C15H35N3/c1-7-8-11-18(14-13-16(4)5)12-9-10-17(6)15(2)3/h15H,7-14H2,1-6H3. The van der Waals surface area contributed by atoms with E-state index in [4.69, 9.17) is 0 Å². The Balaban J connectivity index is 3.84. The Bertz CT molecular complexity index is 181. The van der Waals surface area contributed by atoms with Crippen LogP contribution in [-0.4, -0.2) is 74.6 Å². The van der Waals surface area contributed by atoms with Crippen molar-refractivity contribution in [3.05, 3.63) is 0 Å². The quantitative estimate of drug-likeness (QED) is 0.563. The molecule has 0 aliphatic rings. The molecular weight excluding hydrogens is 222 g/mol. The zero-order valence-electron chi connectivity index (χ0n) is 13.6. The van der Waals surface area contributed by atoms with Crippen LogP contribution in [0.25, 0.3) is 0 Å². The summed E-state index contributed by atoms with van der Waals surface area (Å²) in [7, 11) is 6.54. The Morgan fingerprint density at radius 2 is 1.39 bits per heavy atom. The van der Waals surface area contributed by atoms with Gasteiger partial charge in [0, 0.05) is 19.1 Å². The molecule has 0 aromatic rings. The molecule has 3 nitrogen and oxygen atoms in total. The third-order valence-corrected chi connectivity index (χ3v) is 3.56. The molecular formula is C15H35N3. The molecule has 0 aliphatic carbocycles. The maximum Gasteiger partial charge on any atom is 0.0109 e. The molecule has 18 heavy (non-hydrogen) atoms. The van der Waals surface area contributed by atoms with E-state index in [2.05, 4.69) is 56.6 Å². The van der Waals surface area contributed by atoms with E-state index in [-0.39, 0.29) is 0 Å². The Labute approximate surface area is 115 Å². The van der Waals surface area contributed by atoms with Crippen molar-refractivity contribution < 1.29 is 0 Å². The molecule has 0 spiro atoms. The molecule has 0 saturated carbocycles. The summed E-state index contributed by atoms with van der Waals surface area (Å²) in [6.45, 7) is 12.9. The first-order chi connectivity index (χ1) is 8.47. The van der Waals surface area contributed by atoms with Crippen molar-refractivity contribution in [3.8, 4) is 0 Å². The van der Waals surface area contributed by atoms with Crippen LogP contribution in [-0.2, 0) is 0 Å². The molecule has 0 aliphatic heterocycles.